The number of methoxy groups -OCH3 is 2. The molecule has 4 nitrogen and oxygen atoms in total. The predicted octanol–water partition coefficient (Wildman–Crippen LogP) is 5.89. The first-order valence-corrected chi connectivity index (χ1v) is 11.2. The van der Waals surface area contributed by atoms with E-state index in [0.717, 1.165) is 50.6 Å². The van der Waals surface area contributed by atoms with Crippen molar-refractivity contribution >= 4 is 35.6 Å². The molecular formula is C27H36Cl2N2O2. The van der Waals surface area contributed by atoms with E-state index >= 15 is 0 Å². The highest BCUT2D eigenvalue weighted by molar-refractivity contribution is 5.86. The summed E-state index contributed by atoms with van der Waals surface area (Å²) in [6.07, 6.45) is 2.24. The monoisotopic (exact) mass is 490 g/mol. The van der Waals surface area contributed by atoms with Crippen LogP contribution in [-0.4, -0.2) is 50.7 Å². The smallest absolute Gasteiger partial charge is 0.161 e. The fraction of sp³-hybridized carbons (Fsp3) is 0.407. The summed E-state index contributed by atoms with van der Waals surface area (Å²) in [4.78, 5) is 5.02. The SMILES string of the molecule is COc1cc2c(cc1OC)CN(CCCN(C)Cc1c(C)ccc3ccccc13)CC2.Cl.Cl. The van der Waals surface area contributed by atoms with Gasteiger partial charge in [-0.05, 0) is 85.1 Å². The van der Waals surface area contributed by atoms with Gasteiger partial charge in [-0.1, -0.05) is 36.4 Å². The maximum Gasteiger partial charge on any atom is 0.161 e. The minimum atomic E-state index is 0. The van der Waals surface area contributed by atoms with E-state index in [1.54, 1.807) is 14.2 Å². The normalized spacial score (nSPS) is 13.2. The third-order valence-electron chi connectivity index (χ3n) is 6.51. The molecule has 1 aliphatic rings. The molecule has 1 aliphatic heterocycles. The van der Waals surface area contributed by atoms with Gasteiger partial charge in [-0.2, -0.15) is 0 Å². The summed E-state index contributed by atoms with van der Waals surface area (Å²) in [5, 5.41) is 2.71. The maximum atomic E-state index is 5.50. The van der Waals surface area contributed by atoms with E-state index in [1.807, 2.05) is 0 Å². The molecule has 0 radical (unpaired) electrons. The molecule has 0 spiro atoms. The van der Waals surface area contributed by atoms with Crippen molar-refractivity contribution in [3.63, 3.8) is 0 Å². The Morgan fingerprint density at radius 3 is 2.36 bits per heavy atom. The van der Waals surface area contributed by atoms with Crippen molar-refractivity contribution in [1.29, 1.82) is 0 Å². The summed E-state index contributed by atoms with van der Waals surface area (Å²) >= 11 is 0. The van der Waals surface area contributed by atoms with E-state index in [9.17, 15) is 0 Å². The molecule has 3 aromatic carbocycles. The van der Waals surface area contributed by atoms with Gasteiger partial charge in [-0.15, -0.1) is 24.8 Å². The average molecular weight is 492 g/mol. The summed E-state index contributed by atoms with van der Waals surface area (Å²) in [7, 11) is 5.65. The van der Waals surface area contributed by atoms with Crippen LogP contribution in [-0.2, 0) is 19.5 Å². The van der Waals surface area contributed by atoms with Gasteiger partial charge in [0.1, 0.15) is 0 Å². The minimum absolute atomic E-state index is 0. The third-order valence-corrected chi connectivity index (χ3v) is 6.51. The first-order chi connectivity index (χ1) is 15.1. The first kappa shape index (κ1) is 27.3. The number of rotatable bonds is 8. The number of fused-ring (bicyclic) bond motifs is 2. The van der Waals surface area contributed by atoms with E-state index < -0.39 is 0 Å². The Balaban J connectivity index is 0.00000193. The molecular weight excluding hydrogens is 455 g/mol. The lowest BCUT2D eigenvalue weighted by Gasteiger charge is -2.30. The summed E-state index contributed by atoms with van der Waals surface area (Å²) in [6, 6.07) is 17.5. The van der Waals surface area contributed by atoms with Crippen LogP contribution in [0.15, 0.2) is 48.5 Å². The van der Waals surface area contributed by atoms with Crippen molar-refractivity contribution in [3.05, 3.63) is 70.8 Å². The van der Waals surface area contributed by atoms with Crippen LogP contribution in [0, 0.1) is 6.92 Å². The van der Waals surface area contributed by atoms with Gasteiger partial charge in [0.15, 0.2) is 11.5 Å². The number of benzene rings is 3. The Hall–Kier alpha value is -1.98. The molecule has 0 aromatic heterocycles. The topological polar surface area (TPSA) is 24.9 Å². The molecule has 0 saturated carbocycles. The second kappa shape index (κ2) is 12.5. The Bertz CT molecular complexity index is 1060. The van der Waals surface area contributed by atoms with Crippen molar-refractivity contribution in [2.24, 2.45) is 0 Å². The summed E-state index contributed by atoms with van der Waals surface area (Å²) in [6.45, 7) is 7.53. The van der Waals surface area contributed by atoms with Gasteiger partial charge in [0.2, 0.25) is 0 Å². The summed E-state index contributed by atoms with van der Waals surface area (Å²) < 4.78 is 11.0. The minimum Gasteiger partial charge on any atom is -0.493 e. The van der Waals surface area contributed by atoms with E-state index in [4.69, 9.17) is 9.47 Å². The number of hydrogen-bond acceptors (Lipinski definition) is 4. The molecule has 6 heteroatoms. The zero-order valence-electron chi connectivity index (χ0n) is 20.1. The first-order valence-electron chi connectivity index (χ1n) is 11.2. The van der Waals surface area contributed by atoms with Crippen LogP contribution in [0.1, 0.15) is 28.7 Å². The zero-order chi connectivity index (χ0) is 21.8. The van der Waals surface area contributed by atoms with Crippen LogP contribution in [0.5, 0.6) is 11.5 Å². The Morgan fingerprint density at radius 1 is 0.939 bits per heavy atom. The second-order valence-corrected chi connectivity index (χ2v) is 8.68. The van der Waals surface area contributed by atoms with Gasteiger partial charge in [-0.25, -0.2) is 0 Å². The van der Waals surface area contributed by atoms with Crippen LogP contribution < -0.4 is 9.47 Å². The molecule has 33 heavy (non-hydrogen) atoms. The molecule has 0 fully saturated rings. The van der Waals surface area contributed by atoms with Crippen molar-refractivity contribution < 1.29 is 9.47 Å². The zero-order valence-corrected chi connectivity index (χ0v) is 21.7. The van der Waals surface area contributed by atoms with Gasteiger partial charge in [-0.3, -0.25) is 4.90 Å². The molecule has 0 unspecified atom stereocenters. The largest absolute Gasteiger partial charge is 0.493 e. The predicted molar refractivity (Wildman–Crippen MR) is 143 cm³/mol. The van der Waals surface area contributed by atoms with E-state index in [2.05, 4.69) is 72.3 Å². The molecule has 0 amide bonds. The van der Waals surface area contributed by atoms with Gasteiger partial charge >= 0.3 is 0 Å². The van der Waals surface area contributed by atoms with E-state index in [1.165, 1.54) is 39.4 Å². The molecule has 0 aliphatic carbocycles. The maximum absolute atomic E-state index is 5.50. The molecule has 4 rings (SSSR count). The third kappa shape index (κ3) is 6.33. The van der Waals surface area contributed by atoms with Crippen LogP contribution in [0.2, 0.25) is 0 Å². The molecule has 3 aromatic rings. The van der Waals surface area contributed by atoms with Crippen molar-refractivity contribution in [2.75, 3.05) is 40.9 Å². The molecule has 0 N–H and O–H groups in total. The standard InChI is InChI=1S/C27H34N2O2.2ClH/c1-20-10-11-21-8-5-6-9-24(21)25(20)19-28(2)13-7-14-29-15-12-22-16-26(30-3)27(31-4)17-23(22)18-29;;/h5-6,8-11,16-17H,7,12-15,18-19H2,1-4H3;2*1H. The highest BCUT2D eigenvalue weighted by Crippen LogP contribution is 2.33. The molecule has 180 valence electrons. The Morgan fingerprint density at radius 2 is 1.64 bits per heavy atom. The number of ether oxygens (including phenoxy) is 2. The lowest BCUT2D eigenvalue weighted by Crippen LogP contribution is -2.33. The number of aryl methyl sites for hydroxylation is 1. The van der Waals surface area contributed by atoms with Crippen molar-refractivity contribution in [3.8, 4) is 11.5 Å². The molecule has 0 bridgehead atoms. The van der Waals surface area contributed by atoms with Gasteiger partial charge in [0.25, 0.3) is 0 Å². The van der Waals surface area contributed by atoms with Crippen LogP contribution >= 0.6 is 24.8 Å². The average Bonchev–Trinajstić information content (AvgIpc) is 2.80. The molecule has 0 atom stereocenters. The highest BCUT2D eigenvalue weighted by Gasteiger charge is 2.19. The number of halogens is 2. The quantitative estimate of drug-likeness (QED) is 0.392. The summed E-state index contributed by atoms with van der Waals surface area (Å²) in [5.74, 6) is 1.66. The Kier molecular flexibility index (Phi) is 10.3. The van der Waals surface area contributed by atoms with Gasteiger partial charge in [0.05, 0.1) is 14.2 Å². The second-order valence-electron chi connectivity index (χ2n) is 8.68. The molecule has 0 saturated heterocycles. The van der Waals surface area contributed by atoms with Crippen LogP contribution in [0.3, 0.4) is 0 Å². The Labute approximate surface area is 210 Å². The van der Waals surface area contributed by atoms with Crippen molar-refractivity contribution in [1.82, 2.24) is 9.80 Å². The van der Waals surface area contributed by atoms with Crippen LogP contribution in [0.25, 0.3) is 10.8 Å². The number of hydrogen-bond donors (Lipinski definition) is 0. The van der Waals surface area contributed by atoms with Crippen molar-refractivity contribution in [2.45, 2.75) is 32.9 Å². The lowest BCUT2D eigenvalue weighted by molar-refractivity contribution is 0.227. The summed E-state index contributed by atoms with van der Waals surface area (Å²) in [5.41, 5.74) is 5.58. The highest BCUT2D eigenvalue weighted by atomic mass is 35.5. The van der Waals surface area contributed by atoms with E-state index in [0.29, 0.717) is 0 Å². The van der Waals surface area contributed by atoms with Crippen LogP contribution in [0.4, 0.5) is 0 Å². The van der Waals surface area contributed by atoms with Gasteiger partial charge < -0.3 is 14.4 Å². The fourth-order valence-electron chi connectivity index (χ4n) is 4.70. The van der Waals surface area contributed by atoms with Gasteiger partial charge in [0, 0.05) is 19.6 Å². The lowest BCUT2D eigenvalue weighted by atomic mass is 9.98. The molecule has 1 heterocycles. The number of nitrogens with zero attached hydrogens (tertiary/aromatic N) is 2. The fourth-order valence-corrected chi connectivity index (χ4v) is 4.70. The van der Waals surface area contributed by atoms with E-state index in [-0.39, 0.29) is 24.8 Å².